The van der Waals surface area contributed by atoms with Crippen molar-refractivity contribution < 1.29 is 14.3 Å². The van der Waals surface area contributed by atoms with Crippen LogP contribution in [0.25, 0.3) is 11.3 Å². The molecule has 0 spiro atoms. The van der Waals surface area contributed by atoms with E-state index < -0.39 is 11.5 Å². The van der Waals surface area contributed by atoms with E-state index in [-0.39, 0.29) is 23.0 Å². The highest BCUT2D eigenvalue weighted by atomic mass is 16.6. The smallest absolute Gasteiger partial charge is 0.343 e. The lowest BCUT2D eigenvalue weighted by Crippen LogP contribution is -2.16. The average Bonchev–Trinajstić information content (AvgIpc) is 2.89. The van der Waals surface area contributed by atoms with Crippen molar-refractivity contribution in [2.24, 2.45) is 5.10 Å². The number of nitriles is 1. The van der Waals surface area contributed by atoms with Gasteiger partial charge in [0.25, 0.3) is 5.56 Å². The molecule has 4 rings (SSSR count). The Morgan fingerprint density at radius 3 is 2.61 bits per heavy atom. The van der Waals surface area contributed by atoms with Crippen LogP contribution in [0.2, 0.25) is 0 Å². The van der Waals surface area contributed by atoms with E-state index in [4.69, 9.17) is 9.47 Å². The Bertz CT molecular complexity index is 1540. The van der Waals surface area contributed by atoms with Gasteiger partial charge in [0, 0.05) is 5.56 Å². The lowest BCUT2D eigenvalue weighted by atomic mass is 10.1. The molecule has 0 unspecified atom stereocenters. The number of hydrogen-bond acceptors (Lipinski definition) is 8. The van der Waals surface area contributed by atoms with Gasteiger partial charge in [0.2, 0.25) is 5.95 Å². The lowest BCUT2D eigenvalue weighted by molar-refractivity contribution is 0.0729. The van der Waals surface area contributed by atoms with Crippen molar-refractivity contribution in [1.82, 2.24) is 9.97 Å². The number of nitrogens with zero attached hydrogens (tertiary/aromatic N) is 3. The molecule has 2 N–H and O–H groups in total. The summed E-state index contributed by atoms with van der Waals surface area (Å²) in [6.07, 6.45) is 1.48. The van der Waals surface area contributed by atoms with Gasteiger partial charge in [-0.05, 0) is 42.8 Å². The molecule has 0 bridgehead atoms. The molecule has 0 fully saturated rings. The minimum atomic E-state index is -0.578. The summed E-state index contributed by atoms with van der Waals surface area (Å²) in [6.45, 7) is 1.89. The summed E-state index contributed by atoms with van der Waals surface area (Å²) in [7, 11) is 1.47. The van der Waals surface area contributed by atoms with Gasteiger partial charge in [-0.2, -0.15) is 10.4 Å². The van der Waals surface area contributed by atoms with Gasteiger partial charge in [0.15, 0.2) is 11.5 Å². The van der Waals surface area contributed by atoms with E-state index in [2.05, 4.69) is 20.5 Å². The molecular formula is C27H21N5O4. The Morgan fingerprint density at radius 1 is 1.08 bits per heavy atom. The molecule has 0 radical (unpaired) electrons. The molecular weight excluding hydrogens is 458 g/mol. The Kier molecular flexibility index (Phi) is 7.17. The molecule has 0 aliphatic carbocycles. The van der Waals surface area contributed by atoms with Crippen molar-refractivity contribution >= 4 is 18.1 Å². The standard InChI is InChI=1S/C27H21N5O4/c1-17-7-6-10-20(13-17)26(34)36-22-12-11-18(14-23(22)35-2)16-29-32-27-30-24(19-8-4-3-5-9-19)21(15-28)25(33)31-27/h3-14,16H,1-2H3,(H2,30,31,32,33). The Labute approximate surface area is 206 Å². The van der Waals surface area contributed by atoms with Crippen molar-refractivity contribution in [2.45, 2.75) is 6.92 Å². The van der Waals surface area contributed by atoms with Crippen molar-refractivity contribution in [3.8, 4) is 28.8 Å². The number of H-pyrrole nitrogens is 1. The molecule has 178 valence electrons. The number of methoxy groups -OCH3 is 1. The van der Waals surface area contributed by atoms with E-state index in [9.17, 15) is 14.9 Å². The fourth-order valence-corrected chi connectivity index (χ4v) is 3.38. The molecule has 1 aromatic heterocycles. The highest BCUT2D eigenvalue weighted by Crippen LogP contribution is 2.28. The average molecular weight is 479 g/mol. The van der Waals surface area contributed by atoms with E-state index in [1.807, 2.05) is 25.1 Å². The summed E-state index contributed by atoms with van der Waals surface area (Å²) in [6, 6.07) is 22.9. The minimum Gasteiger partial charge on any atom is -0.493 e. The third kappa shape index (κ3) is 5.46. The van der Waals surface area contributed by atoms with Crippen LogP contribution in [0, 0.1) is 18.3 Å². The summed E-state index contributed by atoms with van der Waals surface area (Å²) in [5.41, 5.74) is 4.91. The van der Waals surface area contributed by atoms with Crippen LogP contribution in [-0.4, -0.2) is 29.3 Å². The fraction of sp³-hybridized carbons (Fsp3) is 0.0741. The number of benzene rings is 3. The van der Waals surface area contributed by atoms with Crippen molar-refractivity contribution in [3.63, 3.8) is 0 Å². The van der Waals surface area contributed by atoms with Gasteiger partial charge < -0.3 is 9.47 Å². The molecule has 1 heterocycles. The van der Waals surface area contributed by atoms with Crippen molar-refractivity contribution in [2.75, 3.05) is 12.5 Å². The molecule has 0 saturated heterocycles. The van der Waals surface area contributed by atoms with E-state index in [1.54, 1.807) is 60.7 Å². The van der Waals surface area contributed by atoms with Crippen LogP contribution in [-0.2, 0) is 0 Å². The number of ether oxygens (including phenoxy) is 2. The number of aromatic amines is 1. The molecule has 9 nitrogen and oxygen atoms in total. The van der Waals surface area contributed by atoms with Gasteiger partial charge in [-0.3, -0.25) is 9.78 Å². The maximum atomic E-state index is 12.5. The number of carbonyl (C=O) groups is 1. The van der Waals surface area contributed by atoms with Crippen molar-refractivity contribution in [1.29, 1.82) is 5.26 Å². The number of hydrazone groups is 1. The molecule has 3 aromatic carbocycles. The van der Waals surface area contributed by atoms with Gasteiger partial charge in [0.05, 0.1) is 24.6 Å². The molecule has 0 aliphatic rings. The van der Waals surface area contributed by atoms with E-state index in [0.29, 0.717) is 22.4 Å². The zero-order valence-electron chi connectivity index (χ0n) is 19.5. The van der Waals surface area contributed by atoms with Gasteiger partial charge in [-0.25, -0.2) is 15.2 Å². The van der Waals surface area contributed by atoms with Crippen LogP contribution >= 0.6 is 0 Å². The predicted octanol–water partition coefficient (Wildman–Crippen LogP) is 4.29. The number of carbonyl (C=O) groups excluding carboxylic acids is 1. The van der Waals surface area contributed by atoms with Gasteiger partial charge in [-0.15, -0.1) is 0 Å². The van der Waals surface area contributed by atoms with Crippen molar-refractivity contribution in [3.05, 3.63) is 105 Å². The number of aromatic nitrogens is 2. The molecule has 4 aromatic rings. The quantitative estimate of drug-likeness (QED) is 0.175. The summed E-state index contributed by atoms with van der Waals surface area (Å²) < 4.78 is 10.9. The molecule has 9 heteroatoms. The third-order valence-electron chi connectivity index (χ3n) is 5.11. The van der Waals surface area contributed by atoms with Crippen LogP contribution in [0.1, 0.15) is 27.0 Å². The first-order valence-electron chi connectivity index (χ1n) is 10.8. The fourth-order valence-electron chi connectivity index (χ4n) is 3.38. The number of hydrogen-bond donors (Lipinski definition) is 2. The first kappa shape index (κ1) is 23.9. The number of rotatable bonds is 7. The summed E-state index contributed by atoms with van der Waals surface area (Å²) in [4.78, 5) is 31.7. The maximum Gasteiger partial charge on any atom is 0.343 e. The lowest BCUT2D eigenvalue weighted by Gasteiger charge is -2.10. The van der Waals surface area contributed by atoms with Crippen LogP contribution < -0.4 is 20.5 Å². The highest BCUT2D eigenvalue weighted by Gasteiger charge is 2.14. The van der Waals surface area contributed by atoms with Crippen LogP contribution in [0.3, 0.4) is 0 Å². The molecule has 0 aliphatic heterocycles. The van der Waals surface area contributed by atoms with Crippen LogP contribution in [0.5, 0.6) is 11.5 Å². The first-order valence-corrected chi connectivity index (χ1v) is 10.8. The second-order valence-corrected chi connectivity index (χ2v) is 7.66. The molecule has 0 atom stereocenters. The Hall–Kier alpha value is -5.23. The number of aryl methyl sites for hydroxylation is 1. The largest absolute Gasteiger partial charge is 0.493 e. The predicted molar refractivity (Wildman–Crippen MR) is 135 cm³/mol. The zero-order valence-corrected chi connectivity index (χ0v) is 19.5. The highest BCUT2D eigenvalue weighted by molar-refractivity contribution is 5.91. The normalized spacial score (nSPS) is 10.6. The van der Waals surface area contributed by atoms with E-state index in [0.717, 1.165) is 5.56 Å². The molecule has 0 amide bonds. The topological polar surface area (TPSA) is 129 Å². The van der Waals surface area contributed by atoms with Gasteiger partial charge in [-0.1, -0.05) is 48.0 Å². The number of anilines is 1. The Balaban J connectivity index is 1.52. The maximum absolute atomic E-state index is 12.5. The SMILES string of the molecule is COc1cc(C=NNc2nc(-c3ccccc3)c(C#N)c(=O)[nH]2)ccc1OC(=O)c1cccc(C)c1. The van der Waals surface area contributed by atoms with Gasteiger partial charge in [0.1, 0.15) is 11.6 Å². The molecule has 36 heavy (non-hydrogen) atoms. The van der Waals surface area contributed by atoms with Gasteiger partial charge >= 0.3 is 5.97 Å². The second-order valence-electron chi connectivity index (χ2n) is 7.66. The monoisotopic (exact) mass is 479 g/mol. The van der Waals surface area contributed by atoms with Crippen LogP contribution in [0.15, 0.2) is 82.7 Å². The first-order chi connectivity index (χ1) is 17.5. The number of esters is 1. The third-order valence-corrected chi connectivity index (χ3v) is 5.11. The van der Waals surface area contributed by atoms with Crippen LogP contribution in [0.4, 0.5) is 5.95 Å². The number of nitrogens with one attached hydrogen (secondary N) is 2. The Morgan fingerprint density at radius 2 is 1.89 bits per heavy atom. The van der Waals surface area contributed by atoms with E-state index >= 15 is 0 Å². The second kappa shape index (κ2) is 10.8. The minimum absolute atomic E-state index is 0.0739. The van der Waals surface area contributed by atoms with E-state index in [1.165, 1.54) is 13.3 Å². The molecule has 0 saturated carbocycles. The summed E-state index contributed by atoms with van der Waals surface area (Å²) in [5.74, 6) is 0.186. The zero-order chi connectivity index (χ0) is 25.5. The summed E-state index contributed by atoms with van der Waals surface area (Å²) >= 11 is 0. The summed E-state index contributed by atoms with van der Waals surface area (Å²) in [5, 5.41) is 13.5.